The van der Waals surface area contributed by atoms with Crippen molar-refractivity contribution in [2.24, 2.45) is 0 Å². The van der Waals surface area contributed by atoms with E-state index in [4.69, 9.17) is 0 Å². The van der Waals surface area contributed by atoms with Crippen LogP contribution in [0.2, 0.25) is 0 Å². The Hall–Kier alpha value is -3.41. The molecule has 0 atom stereocenters. The van der Waals surface area contributed by atoms with E-state index in [2.05, 4.69) is 52.1 Å². The van der Waals surface area contributed by atoms with E-state index < -0.39 is 0 Å². The number of urea groups is 1. The van der Waals surface area contributed by atoms with Gasteiger partial charge in [-0.15, -0.1) is 10.2 Å². The van der Waals surface area contributed by atoms with Gasteiger partial charge in [0, 0.05) is 11.4 Å². The Morgan fingerprint density at radius 3 is 2.31 bits per heavy atom. The zero-order chi connectivity index (χ0) is 18.4. The predicted octanol–water partition coefficient (Wildman–Crippen LogP) is 4.74. The SMILES string of the molecule is CCc1cccc(C)c1Nc1ccc(NC(=O)Nc2ccccc2)nn1. The van der Waals surface area contributed by atoms with Crippen LogP contribution in [0.4, 0.5) is 27.8 Å². The molecular weight excluding hydrogens is 326 g/mol. The molecule has 0 aliphatic rings. The van der Waals surface area contributed by atoms with Crippen molar-refractivity contribution >= 4 is 29.0 Å². The van der Waals surface area contributed by atoms with Gasteiger partial charge in [0.15, 0.2) is 11.6 Å². The van der Waals surface area contributed by atoms with Gasteiger partial charge in [-0.2, -0.15) is 0 Å². The molecule has 3 N–H and O–H groups in total. The van der Waals surface area contributed by atoms with Crippen LogP contribution in [-0.4, -0.2) is 16.2 Å². The minimum Gasteiger partial charge on any atom is -0.338 e. The third-order valence-corrected chi connectivity index (χ3v) is 3.93. The molecule has 0 aliphatic carbocycles. The van der Waals surface area contributed by atoms with Gasteiger partial charge in [-0.25, -0.2) is 4.79 Å². The number of aromatic nitrogens is 2. The number of nitrogens with one attached hydrogen (secondary N) is 3. The molecule has 132 valence electrons. The highest BCUT2D eigenvalue weighted by molar-refractivity contribution is 5.99. The molecule has 0 unspecified atom stereocenters. The number of anilines is 4. The van der Waals surface area contributed by atoms with Crippen LogP contribution in [0, 0.1) is 6.92 Å². The molecule has 0 radical (unpaired) electrons. The third-order valence-electron chi connectivity index (χ3n) is 3.93. The summed E-state index contributed by atoms with van der Waals surface area (Å²) in [6.07, 6.45) is 0.927. The van der Waals surface area contributed by atoms with Crippen molar-refractivity contribution in [2.45, 2.75) is 20.3 Å². The first kappa shape index (κ1) is 17.4. The molecule has 0 saturated carbocycles. The first-order valence-corrected chi connectivity index (χ1v) is 8.48. The van der Waals surface area contributed by atoms with Gasteiger partial charge >= 0.3 is 6.03 Å². The zero-order valence-electron chi connectivity index (χ0n) is 14.8. The summed E-state index contributed by atoms with van der Waals surface area (Å²) in [6.45, 7) is 4.17. The van der Waals surface area contributed by atoms with E-state index in [9.17, 15) is 4.79 Å². The largest absolute Gasteiger partial charge is 0.338 e. The zero-order valence-corrected chi connectivity index (χ0v) is 14.8. The van der Waals surface area contributed by atoms with Gasteiger partial charge < -0.3 is 10.6 Å². The van der Waals surface area contributed by atoms with Crippen molar-refractivity contribution in [3.63, 3.8) is 0 Å². The van der Waals surface area contributed by atoms with Gasteiger partial charge in [0.2, 0.25) is 0 Å². The van der Waals surface area contributed by atoms with Crippen molar-refractivity contribution in [1.82, 2.24) is 10.2 Å². The number of aryl methyl sites for hydroxylation is 2. The maximum Gasteiger partial charge on any atom is 0.324 e. The van der Waals surface area contributed by atoms with Crippen molar-refractivity contribution in [1.29, 1.82) is 0 Å². The van der Waals surface area contributed by atoms with Crippen LogP contribution in [0.5, 0.6) is 0 Å². The lowest BCUT2D eigenvalue weighted by Gasteiger charge is -2.13. The number of nitrogens with zero attached hydrogens (tertiary/aromatic N) is 2. The second kappa shape index (κ2) is 8.11. The summed E-state index contributed by atoms with van der Waals surface area (Å²) in [5.41, 5.74) is 4.13. The number of carbonyl (C=O) groups excluding carboxylic acids is 1. The summed E-state index contributed by atoms with van der Waals surface area (Å²) < 4.78 is 0. The molecule has 1 aromatic heterocycles. The van der Waals surface area contributed by atoms with Crippen LogP contribution >= 0.6 is 0 Å². The Morgan fingerprint density at radius 2 is 1.62 bits per heavy atom. The van der Waals surface area contributed by atoms with Crippen molar-refractivity contribution in [2.75, 3.05) is 16.0 Å². The smallest absolute Gasteiger partial charge is 0.324 e. The minimum absolute atomic E-state index is 0.363. The fourth-order valence-corrected chi connectivity index (χ4v) is 2.60. The first-order chi connectivity index (χ1) is 12.7. The molecule has 1 heterocycles. The molecule has 0 aliphatic heterocycles. The summed E-state index contributed by atoms with van der Waals surface area (Å²) in [5.74, 6) is 1.01. The Kier molecular flexibility index (Phi) is 5.43. The van der Waals surface area contributed by atoms with Crippen LogP contribution < -0.4 is 16.0 Å². The molecule has 0 saturated heterocycles. The van der Waals surface area contributed by atoms with Gasteiger partial charge in [0.05, 0.1) is 0 Å². The molecule has 0 fully saturated rings. The Morgan fingerprint density at radius 1 is 0.885 bits per heavy atom. The molecular formula is C20H21N5O. The van der Waals surface area contributed by atoms with Crippen LogP contribution in [0.15, 0.2) is 60.7 Å². The monoisotopic (exact) mass is 347 g/mol. The predicted molar refractivity (Wildman–Crippen MR) is 105 cm³/mol. The van der Waals surface area contributed by atoms with Gasteiger partial charge in [-0.05, 0) is 48.7 Å². The average Bonchev–Trinajstić information content (AvgIpc) is 2.65. The fraction of sp³-hybridized carbons (Fsp3) is 0.150. The van der Waals surface area contributed by atoms with Gasteiger partial charge in [0.1, 0.15) is 0 Å². The van der Waals surface area contributed by atoms with Crippen LogP contribution in [-0.2, 0) is 6.42 Å². The Bertz CT molecular complexity index is 878. The van der Waals surface area contributed by atoms with E-state index >= 15 is 0 Å². The maximum absolute atomic E-state index is 12.0. The molecule has 0 bridgehead atoms. The number of hydrogen-bond donors (Lipinski definition) is 3. The normalized spacial score (nSPS) is 10.2. The summed E-state index contributed by atoms with van der Waals surface area (Å²) in [6, 6.07) is 18.5. The van der Waals surface area contributed by atoms with Crippen molar-refractivity contribution < 1.29 is 4.79 Å². The molecule has 26 heavy (non-hydrogen) atoms. The second-order valence-electron chi connectivity index (χ2n) is 5.84. The number of para-hydroxylation sites is 2. The van der Waals surface area contributed by atoms with E-state index in [0.29, 0.717) is 17.3 Å². The standard InChI is InChI=1S/C20H21N5O/c1-3-15-9-7-8-14(2)19(15)22-17-12-13-18(25-24-17)23-20(26)21-16-10-5-4-6-11-16/h4-13H,3H2,1-2H3,(H,22,24)(H2,21,23,25,26). The topological polar surface area (TPSA) is 78.9 Å². The second-order valence-corrected chi connectivity index (χ2v) is 5.84. The number of amides is 2. The average molecular weight is 347 g/mol. The summed E-state index contributed by atoms with van der Waals surface area (Å²) in [5, 5.41) is 16.9. The highest BCUT2D eigenvalue weighted by Gasteiger charge is 2.07. The quantitative estimate of drug-likeness (QED) is 0.623. The highest BCUT2D eigenvalue weighted by atomic mass is 16.2. The Labute approximate surface area is 152 Å². The van der Waals surface area contributed by atoms with E-state index in [1.54, 1.807) is 12.1 Å². The fourth-order valence-electron chi connectivity index (χ4n) is 2.60. The van der Waals surface area contributed by atoms with E-state index in [0.717, 1.165) is 17.7 Å². The van der Waals surface area contributed by atoms with Crippen LogP contribution in [0.1, 0.15) is 18.1 Å². The molecule has 6 heteroatoms. The first-order valence-electron chi connectivity index (χ1n) is 8.48. The molecule has 0 spiro atoms. The molecule has 3 aromatic rings. The highest BCUT2D eigenvalue weighted by Crippen LogP contribution is 2.24. The lowest BCUT2D eigenvalue weighted by molar-refractivity contribution is 0.262. The number of rotatable bonds is 5. The molecule has 2 amide bonds. The number of carbonyl (C=O) groups is 1. The van der Waals surface area contributed by atoms with Gasteiger partial charge in [-0.3, -0.25) is 5.32 Å². The summed E-state index contributed by atoms with van der Waals surface area (Å²) in [7, 11) is 0. The maximum atomic E-state index is 12.0. The van der Waals surface area contributed by atoms with E-state index in [-0.39, 0.29) is 6.03 Å². The van der Waals surface area contributed by atoms with Gasteiger partial charge in [-0.1, -0.05) is 43.3 Å². The van der Waals surface area contributed by atoms with Crippen LogP contribution in [0.3, 0.4) is 0 Å². The summed E-state index contributed by atoms with van der Waals surface area (Å²) in [4.78, 5) is 12.0. The summed E-state index contributed by atoms with van der Waals surface area (Å²) >= 11 is 0. The van der Waals surface area contributed by atoms with E-state index in [1.165, 1.54) is 5.56 Å². The minimum atomic E-state index is -0.363. The van der Waals surface area contributed by atoms with Crippen molar-refractivity contribution in [3.8, 4) is 0 Å². The third kappa shape index (κ3) is 4.36. The molecule has 6 nitrogen and oxygen atoms in total. The number of hydrogen-bond acceptors (Lipinski definition) is 4. The Balaban J connectivity index is 1.65. The molecule has 2 aromatic carbocycles. The lowest BCUT2D eigenvalue weighted by atomic mass is 10.1. The van der Waals surface area contributed by atoms with Crippen molar-refractivity contribution in [3.05, 3.63) is 71.8 Å². The molecule has 3 rings (SSSR count). The lowest BCUT2D eigenvalue weighted by Crippen LogP contribution is -2.20. The van der Waals surface area contributed by atoms with E-state index in [1.807, 2.05) is 36.4 Å². The van der Waals surface area contributed by atoms with Crippen LogP contribution in [0.25, 0.3) is 0 Å². The van der Waals surface area contributed by atoms with Gasteiger partial charge in [0.25, 0.3) is 0 Å². The number of benzene rings is 2.